The zero-order valence-electron chi connectivity index (χ0n) is 19.4. The number of carbonyl (C=O) groups excluding carboxylic acids is 3. The first-order chi connectivity index (χ1) is 16.5. The number of hydrogen-bond acceptors (Lipinski definition) is 4. The number of amides is 3. The van der Waals surface area contributed by atoms with E-state index in [0.717, 1.165) is 17.7 Å². The van der Waals surface area contributed by atoms with Gasteiger partial charge < -0.3 is 21.3 Å². The molecular formula is C27H30N4O3. The minimum atomic E-state index is -0.221. The average molecular weight is 459 g/mol. The maximum atomic E-state index is 12.5. The molecule has 0 aliphatic heterocycles. The van der Waals surface area contributed by atoms with Crippen LogP contribution in [0.2, 0.25) is 0 Å². The molecule has 3 aromatic carbocycles. The highest BCUT2D eigenvalue weighted by Crippen LogP contribution is 2.14. The van der Waals surface area contributed by atoms with Crippen LogP contribution >= 0.6 is 0 Å². The number of hydrogen-bond donors (Lipinski definition) is 4. The molecular weight excluding hydrogens is 428 g/mol. The number of benzene rings is 3. The number of rotatable bonds is 10. The first-order valence-electron chi connectivity index (χ1n) is 11.3. The summed E-state index contributed by atoms with van der Waals surface area (Å²) in [5, 5.41) is 11.6. The number of anilines is 2. The van der Waals surface area contributed by atoms with Crippen molar-refractivity contribution in [1.82, 2.24) is 10.6 Å². The zero-order chi connectivity index (χ0) is 24.3. The van der Waals surface area contributed by atoms with Crippen molar-refractivity contribution in [2.24, 2.45) is 0 Å². The molecule has 7 heteroatoms. The lowest BCUT2D eigenvalue weighted by atomic mass is 10.1. The van der Waals surface area contributed by atoms with E-state index in [0.29, 0.717) is 23.4 Å². The van der Waals surface area contributed by atoms with Crippen LogP contribution < -0.4 is 21.3 Å². The zero-order valence-corrected chi connectivity index (χ0v) is 19.4. The standard InChI is InChI=1S/C27H30N4O3/c1-3-17-28-26(33)21-11-15-24(16-12-21)31-25(32)18-29-23-13-9-22(10-14-23)27(34)30-19(2)20-7-5-4-6-8-20/h4-16,19,29H,3,17-18H2,1-2H3,(H,28,33)(H,30,34)(H,31,32). The van der Waals surface area contributed by atoms with Crippen molar-refractivity contribution in [3.8, 4) is 0 Å². The highest BCUT2D eigenvalue weighted by atomic mass is 16.2. The summed E-state index contributed by atoms with van der Waals surface area (Å²) in [6.07, 6.45) is 0.871. The summed E-state index contributed by atoms with van der Waals surface area (Å²) in [5.74, 6) is -0.512. The van der Waals surface area contributed by atoms with Gasteiger partial charge in [-0.15, -0.1) is 0 Å². The lowest BCUT2D eigenvalue weighted by Crippen LogP contribution is -2.26. The maximum absolute atomic E-state index is 12.5. The van der Waals surface area contributed by atoms with Gasteiger partial charge >= 0.3 is 0 Å². The monoisotopic (exact) mass is 458 g/mol. The molecule has 0 fully saturated rings. The molecule has 1 unspecified atom stereocenters. The molecule has 3 rings (SSSR count). The lowest BCUT2D eigenvalue weighted by Gasteiger charge is -2.14. The van der Waals surface area contributed by atoms with E-state index < -0.39 is 0 Å². The predicted molar refractivity (Wildman–Crippen MR) is 135 cm³/mol. The Labute approximate surface area is 200 Å². The van der Waals surface area contributed by atoms with Gasteiger partial charge in [0.05, 0.1) is 12.6 Å². The Morgan fingerprint density at radius 2 is 1.35 bits per heavy atom. The molecule has 1 atom stereocenters. The van der Waals surface area contributed by atoms with Crippen LogP contribution in [0.15, 0.2) is 78.9 Å². The van der Waals surface area contributed by atoms with Crippen LogP contribution in [0.4, 0.5) is 11.4 Å². The summed E-state index contributed by atoms with van der Waals surface area (Å²) in [6.45, 7) is 4.62. The Morgan fingerprint density at radius 3 is 1.97 bits per heavy atom. The number of nitrogens with one attached hydrogen (secondary N) is 4. The Hall–Kier alpha value is -4.13. The molecule has 3 aromatic rings. The van der Waals surface area contributed by atoms with Crippen molar-refractivity contribution < 1.29 is 14.4 Å². The molecule has 7 nitrogen and oxygen atoms in total. The van der Waals surface area contributed by atoms with Crippen LogP contribution in [-0.4, -0.2) is 30.8 Å². The van der Waals surface area contributed by atoms with Crippen LogP contribution in [0.3, 0.4) is 0 Å². The van der Waals surface area contributed by atoms with Crippen molar-refractivity contribution in [3.63, 3.8) is 0 Å². The van der Waals surface area contributed by atoms with E-state index in [1.54, 1.807) is 48.5 Å². The Kier molecular flexibility index (Phi) is 8.80. The molecule has 0 bridgehead atoms. The normalized spacial score (nSPS) is 11.2. The first-order valence-corrected chi connectivity index (χ1v) is 11.3. The molecule has 0 saturated carbocycles. The molecule has 0 aliphatic carbocycles. The fraction of sp³-hybridized carbons (Fsp3) is 0.222. The molecule has 4 N–H and O–H groups in total. The Bertz CT molecular complexity index is 1100. The number of carbonyl (C=O) groups is 3. The quantitative estimate of drug-likeness (QED) is 0.363. The van der Waals surface area contributed by atoms with Crippen molar-refractivity contribution in [2.75, 3.05) is 23.7 Å². The molecule has 0 aromatic heterocycles. The fourth-order valence-corrected chi connectivity index (χ4v) is 3.28. The second kappa shape index (κ2) is 12.2. The average Bonchev–Trinajstić information content (AvgIpc) is 2.87. The van der Waals surface area contributed by atoms with Gasteiger partial charge in [-0.1, -0.05) is 37.3 Å². The Balaban J connectivity index is 1.46. The van der Waals surface area contributed by atoms with E-state index in [4.69, 9.17) is 0 Å². The maximum Gasteiger partial charge on any atom is 0.251 e. The fourth-order valence-electron chi connectivity index (χ4n) is 3.28. The largest absolute Gasteiger partial charge is 0.376 e. The summed E-state index contributed by atoms with van der Waals surface area (Å²) >= 11 is 0. The van der Waals surface area contributed by atoms with Gasteiger partial charge in [-0.3, -0.25) is 14.4 Å². The highest BCUT2D eigenvalue weighted by Gasteiger charge is 2.11. The van der Waals surface area contributed by atoms with Gasteiger partial charge in [0.15, 0.2) is 0 Å². The van der Waals surface area contributed by atoms with E-state index in [1.807, 2.05) is 44.2 Å². The van der Waals surface area contributed by atoms with Crippen LogP contribution in [0.1, 0.15) is 52.6 Å². The van der Waals surface area contributed by atoms with Gasteiger partial charge in [-0.05, 0) is 67.4 Å². The van der Waals surface area contributed by atoms with Crippen molar-refractivity contribution in [1.29, 1.82) is 0 Å². The minimum absolute atomic E-state index is 0.0648. The summed E-state index contributed by atoms with van der Waals surface area (Å²) in [7, 11) is 0. The van der Waals surface area contributed by atoms with Gasteiger partial charge in [0, 0.05) is 29.0 Å². The molecule has 0 heterocycles. The highest BCUT2D eigenvalue weighted by molar-refractivity contribution is 5.97. The third-order valence-corrected chi connectivity index (χ3v) is 5.21. The topological polar surface area (TPSA) is 99.3 Å². The van der Waals surface area contributed by atoms with Gasteiger partial charge in [-0.25, -0.2) is 0 Å². The molecule has 176 valence electrons. The van der Waals surface area contributed by atoms with Gasteiger partial charge in [-0.2, -0.15) is 0 Å². The van der Waals surface area contributed by atoms with Crippen LogP contribution in [0, 0.1) is 0 Å². The summed E-state index contributed by atoms with van der Waals surface area (Å²) in [6, 6.07) is 23.4. The van der Waals surface area contributed by atoms with Crippen molar-refractivity contribution in [2.45, 2.75) is 26.3 Å². The van der Waals surface area contributed by atoms with Crippen molar-refractivity contribution in [3.05, 3.63) is 95.6 Å². The Morgan fingerprint density at radius 1 is 0.765 bits per heavy atom. The van der Waals surface area contributed by atoms with E-state index in [1.165, 1.54) is 0 Å². The van der Waals surface area contributed by atoms with E-state index in [-0.39, 0.29) is 30.3 Å². The van der Waals surface area contributed by atoms with E-state index in [9.17, 15) is 14.4 Å². The summed E-state index contributed by atoms with van der Waals surface area (Å²) < 4.78 is 0. The second-order valence-corrected chi connectivity index (χ2v) is 7.92. The van der Waals surface area contributed by atoms with Crippen molar-refractivity contribution >= 4 is 29.1 Å². The minimum Gasteiger partial charge on any atom is -0.376 e. The molecule has 3 amide bonds. The molecule has 0 saturated heterocycles. The summed E-state index contributed by atoms with van der Waals surface area (Å²) in [5.41, 5.74) is 3.46. The van der Waals surface area contributed by atoms with E-state index >= 15 is 0 Å². The smallest absolute Gasteiger partial charge is 0.251 e. The molecule has 34 heavy (non-hydrogen) atoms. The van der Waals surface area contributed by atoms with Crippen LogP contribution in [-0.2, 0) is 4.79 Å². The van der Waals surface area contributed by atoms with Crippen LogP contribution in [0.5, 0.6) is 0 Å². The van der Waals surface area contributed by atoms with E-state index in [2.05, 4.69) is 21.3 Å². The third kappa shape index (κ3) is 7.20. The molecule has 0 aliphatic rings. The lowest BCUT2D eigenvalue weighted by molar-refractivity contribution is -0.114. The van der Waals surface area contributed by atoms with Gasteiger partial charge in [0.2, 0.25) is 5.91 Å². The SMILES string of the molecule is CCCNC(=O)c1ccc(NC(=O)CNc2ccc(C(=O)NC(C)c3ccccc3)cc2)cc1. The predicted octanol–water partition coefficient (Wildman–Crippen LogP) is 4.37. The van der Waals surface area contributed by atoms with Gasteiger partial charge in [0.1, 0.15) is 0 Å². The molecule has 0 spiro atoms. The summed E-state index contributed by atoms with van der Waals surface area (Å²) in [4.78, 5) is 36.7. The molecule has 0 radical (unpaired) electrons. The van der Waals surface area contributed by atoms with Gasteiger partial charge in [0.25, 0.3) is 11.8 Å². The third-order valence-electron chi connectivity index (χ3n) is 5.21. The van der Waals surface area contributed by atoms with Crippen LogP contribution in [0.25, 0.3) is 0 Å². The second-order valence-electron chi connectivity index (χ2n) is 7.92. The first kappa shape index (κ1) is 24.5.